The van der Waals surface area contributed by atoms with Gasteiger partial charge in [-0.05, 0) is 42.9 Å². The van der Waals surface area contributed by atoms with Crippen LogP contribution in [0.2, 0.25) is 0 Å². The summed E-state index contributed by atoms with van der Waals surface area (Å²) in [6, 6.07) is 0. The number of alkyl halides is 1. The highest BCUT2D eigenvalue weighted by atomic mass is 35.5. The first kappa shape index (κ1) is 5.01. The Morgan fingerprint density at radius 1 is 0.889 bits per heavy atom. The van der Waals surface area contributed by atoms with Gasteiger partial charge in [0.25, 0.3) is 0 Å². The third-order valence-electron chi connectivity index (χ3n) is 3.78. The summed E-state index contributed by atoms with van der Waals surface area (Å²) >= 11 is 6.20. The van der Waals surface area contributed by atoms with E-state index in [0.717, 1.165) is 23.7 Å². The van der Waals surface area contributed by atoms with Crippen molar-refractivity contribution in [3.8, 4) is 0 Å². The summed E-state index contributed by atoms with van der Waals surface area (Å²) in [7, 11) is 0. The number of rotatable bonds is 0. The summed E-state index contributed by atoms with van der Waals surface area (Å²) in [5.41, 5.74) is 0. The SMILES string of the molecule is ClC1C2C[C@H]3CC2C[C@@H]13. The van der Waals surface area contributed by atoms with Crippen LogP contribution in [0.25, 0.3) is 0 Å². The summed E-state index contributed by atoms with van der Waals surface area (Å²) in [5.74, 6) is 4.01. The quantitative estimate of drug-likeness (QED) is 0.456. The molecule has 4 fully saturated rings. The minimum atomic E-state index is 0.591. The molecule has 0 radical (unpaired) electrons. The third-order valence-corrected chi connectivity index (χ3v) is 4.43. The van der Waals surface area contributed by atoms with Crippen LogP contribution in [-0.2, 0) is 0 Å². The third kappa shape index (κ3) is 0.410. The maximum Gasteiger partial charge on any atom is 0.0397 e. The van der Waals surface area contributed by atoms with Gasteiger partial charge in [-0.15, -0.1) is 11.6 Å². The van der Waals surface area contributed by atoms with Crippen molar-refractivity contribution in [1.82, 2.24) is 0 Å². The molecule has 4 aliphatic rings. The van der Waals surface area contributed by atoms with Crippen molar-refractivity contribution in [3.05, 3.63) is 0 Å². The first-order valence-electron chi connectivity index (χ1n) is 4.00. The fourth-order valence-corrected chi connectivity index (χ4v) is 4.08. The van der Waals surface area contributed by atoms with Crippen LogP contribution in [-0.4, -0.2) is 5.38 Å². The maximum absolute atomic E-state index is 6.20. The van der Waals surface area contributed by atoms with Crippen LogP contribution in [0.4, 0.5) is 0 Å². The van der Waals surface area contributed by atoms with Crippen LogP contribution in [0.3, 0.4) is 0 Å². The molecule has 3 unspecified atom stereocenters. The molecule has 0 N–H and O–H groups in total. The molecule has 0 heterocycles. The Balaban J connectivity index is 2.08. The molecular weight excluding hydrogens is 132 g/mol. The predicted octanol–water partition coefficient (Wildman–Crippen LogP) is 2.27. The highest BCUT2D eigenvalue weighted by Crippen LogP contribution is 2.64. The van der Waals surface area contributed by atoms with E-state index < -0.39 is 0 Å². The van der Waals surface area contributed by atoms with Gasteiger partial charge in [-0.2, -0.15) is 0 Å². The van der Waals surface area contributed by atoms with Gasteiger partial charge in [0.05, 0.1) is 0 Å². The second kappa shape index (κ2) is 1.32. The molecule has 1 heteroatoms. The van der Waals surface area contributed by atoms with Crippen LogP contribution in [0.15, 0.2) is 0 Å². The van der Waals surface area contributed by atoms with E-state index in [2.05, 4.69) is 0 Å². The van der Waals surface area contributed by atoms with Crippen molar-refractivity contribution >= 4 is 11.6 Å². The second-order valence-corrected chi connectivity index (χ2v) is 4.50. The van der Waals surface area contributed by atoms with Crippen molar-refractivity contribution in [2.45, 2.75) is 24.6 Å². The van der Waals surface area contributed by atoms with Crippen LogP contribution < -0.4 is 0 Å². The first-order valence-corrected chi connectivity index (χ1v) is 4.44. The molecule has 0 aromatic rings. The Morgan fingerprint density at radius 2 is 1.44 bits per heavy atom. The van der Waals surface area contributed by atoms with Crippen molar-refractivity contribution in [2.24, 2.45) is 23.7 Å². The van der Waals surface area contributed by atoms with Gasteiger partial charge in [0.15, 0.2) is 0 Å². The lowest BCUT2D eigenvalue weighted by Crippen LogP contribution is -2.12. The van der Waals surface area contributed by atoms with Crippen molar-refractivity contribution in [2.75, 3.05) is 0 Å². The minimum absolute atomic E-state index is 0.591. The molecule has 4 rings (SSSR count). The molecule has 50 valence electrons. The Bertz CT molecular complexity index is 135. The van der Waals surface area contributed by atoms with E-state index in [1.165, 1.54) is 19.3 Å². The molecule has 0 aliphatic heterocycles. The first-order chi connectivity index (χ1) is 4.36. The predicted molar refractivity (Wildman–Crippen MR) is 37.5 cm³/mol. The van der Waals surface area contributed by atoms with Crippen LogP contribution >= 0.6 is 11.6 Å². The highest BCUT2D eigenvalue weighted by molar-refractivity contribution is 6.21. The van der Waals surface area contributed by atoms with E-state index in [9.17, 15) is 0 Å². The molecule has 4 saturated carbocycles. The zero-order valence-electron chi connectivity index (χ0n) is 5.39. The van der Waals surface area contributed by atoms with E-state index in [0.29, 0.717) is 5.38 Å². The van der Waals surface area contributed by atoms with Gasteiger partial charge in [-0.3, -0.25) is 0 Å². The number of hydrogen-bond acceptors (Lipinski definition) is 0. The fraction of sp³-hybridized carbons (Fsp3) is 1.00. The average Bonchev–Trinajstić information content (AvgIpc) is 2.46. The van der Waals surface area contributed by atoms with E-state index in [1.54, 1.807) is 0 Å². The summed E-state index contributed by atoms with van der Waals surface area (Å²) in [5, 5.41) is 0.591. The molecule has 0 nitrogen and oxygen atoms in total. The van der Waals surface area contributed by atoms with Crippen molar-refractivity contribution in [1.29, 1.82) is 0 Å². The molecular formula is C8H11Cl. The Morgan fingerprint density at radius 3 is 1.67 bits per heavy atom. The summed E-state index contributed by atoms with van der Waals surface area (Å²) < 4.78 is 0. The highest BCUT2D eigenvalue weighted by Gasteiger charge is 2.58. The molecule has 0 saturated heterocycles. The van der Waals surface area contributed by atoms with Gasteiger partial charge in [0, 0.05) is 5.38 Å². The molecule has 4 aliphatic carbocycles. The molecule has 0 amide bonds. The van der Waals surface area contributed by atoms with Gasteiger partial charge in [-0.1, -0.05) is 0 Å². The average molecular weight is 143 g/mol. The van der Waals surface area contributed by atoms with E-state index >= 15 is 0 Å². The van der Waals surface area contributed by atoms with Crippen molar-refractivity contribution in [3.63, 3.8) is 0 Å². The lowest BCUT2D eigenvalue weighted by molar-refractivity contribution is 0.457. The van der Waals surface area contributed by atoms with Gasteiger partial charge in [0.1, 0.15) is 0 Å². The van der Waals surface area contributed by atoms with Gasteiger partial charge in [0.2, 0.25) is 0 Å². The van der Waals surface area contributed by atoms with E-state index in [4.69, 9.17) is 11.6 Å². The Labute approximate surface area is 60.6 Å². The largest absolute Gasteiger partial charge is 0.122 e. The van der Waals surface area contributed by atoms with Crippen molar-refractivity contribution < 1.29 is 0 Å². The topological polar surface area (TPSA) is 0 Å². The summed E-state index contributed by atoms with van der Waals surface area (Å²) in [6.45, 7) is 0. The molecule has 0 aromatic carbocycles. The lowest BCUT2D eigenvalue weighted by atomic mass is 10.0. The summed E-state index contributed by atoms with van der Waals surface area (Å²) in [6.07, 6.45) is 4.48. The van der Waals surface area contributed by atoms with Gasteiger partial charge >= 0.3 is 0 Å². The number of hydrogen-bond donors (Lipinski definition) is 0. The van der Waals surface area contributed by atoms with E-state index in [-0.39, 0.29) is 0 Å². The Kier molecular flexibility index (Phi) is 0.733. The fourth-order valence-electron chi connectivity index (χ4n) is 3.46. The second-order valence-electron chi connectivity index (χ2n) is 4.00. The molecule has 5 atom stereocenters. The van der Waals surface area contributed by atoms with Gasteiger partial charge < -0.3 is 0 Å². The van der Waals surface area contributed by atoms with Crippen LogP contribution in [0.1, 0.15) is 19.3 Å². The monoisotopic (exact) mass is 142 g/mol. The van der Waals surface area contributed by atoms with E-state index in [1.807, 2.05) is 0 Å². The molecule has 0 spiro atoms. The maximum atomic E-state index is 6.20. The van der Waals surface area contributed by atoms with Crippen LogP contribution in [0.5, 0.6) is 0 Å². The smallest absolute Gasteiger partial charge is 0.0397 e. The zero-order valence-corrected chi connectivity index (χ0v) is 6.14. The molecule has 9 heavy (non-hydrogen) atoms. The zero-order chi connectivity index (χ0) is 6.01. The Hall–Kier alpha value is 0.290. The normalized spacial score (nSPS) is 68.3. The minimum Gasteiger partial charge on any atom is -0.122 e. The van der Waals surface area contributed by atoms with Crippen LogP contribution in [0, 0.1) is 23.7 Å². The summed E-state index contributed by atoms with van der Waals surface area (Å²) in [4.78, 5) is 0. The molecule has 0 aromatic heterocycles. The lowest BCUT2D eigenvalue weighted by Gasteiger charge is -2.12. The number of halogens is 1. The standard InChI is InChI=1S/C8H11Cl/c9-8-6-2-4-1-5(6)3-7(4)8/h4-8H,1-3H2/t4-,5?,6?,7-,8?/m1/s1. The van der Waals surface area contributed by atoms with Gasteiger partial charge in [-0.25, -0.2) is 0 Å². The molecule has 4 bridgehead atoms.